The lowest BCUT2D eigenvalue weighted by molar-refractivity contribution is -0.120. The molecule has 29 heavy (non-hydrogen) atoms. The molecular formula is C22H25N5OS. The average Bonchev–Trinajstić information content (AvgIpc) is 3.40. The monoisotopic (exact) mass is 407 g/mol. The van der Waals surface area contributed by atoms with Gasteiger partial charge >= 0.3 is 0 Å². The van der Waals surface area contributed by atoms with Crippen LogP contribution in [0.25, 0.3) is 11.4 Å². The Labute approximate surface area is 175 Å². The molecule has 1 aromatic carbocycles. The first-order valence-electron chi connectivity index (χ1n) is 10.1. The molecule has 1 atom stereocenters. The SMILES string of the molecule is C[C@H](Sc1nnc(-c2ccncc2)n1Cc1ccccc1)C(=O)NC1CCCC1. The lowest BCUT2D eigenvalue weighted by atomic mass is 10.2. The maximum absolute atomic E-state index is 12.7. The molecule has 0 unspecified atom stereocenters. The zero-order valence-electron chi connectivity index (χ0n) is 16.5. The van der Waals surface area contributed by atoms with Crippen LogP contribution < -0.4 is 5.32 Å². The Morgan fingerprint density at radius 1 is 1.14 bits per heavy atom. The Morgan fingerprint density at radius 2 is 1.86 bits per heavy atom. The predicted octanol–water partition coefficient (Wildman–Crippen LogP) is 3.93. The molecule has 2 aromatic heterocycles. The van der Waals surface area contributed by atoms with E-state index in [9.17, 15) is 4.79 Å². The molecule has 2 heterocycles. The van der Waals surface area contributed by atoms with Crippen LogP contribution in [-0.4, -0.2) is 36.9 Å². The van der Waals surface area contributed by atoms with Crippen LogP contribution in [0.2, 0.25) is 0 Å². The minimum absolute atomic E-state index is 0.0709. The topological polar surface area (TPSA) is 72.7 Å². The second-order valence-corrected chi connectivity index (χ2v) is 8.67. The third-order valence-electron chi connectivity index (χ3n) is 5.19. The van der Waals surface area contributed by atoms with E-state index in [2.05, 4.69) is 37.2 Å². The number of amides is 1. The fourth-order valence-electron chi connectivity index (χ4n) is 3.60. The smallest absolute Gasteiger partial charge is 0.233 e. The van der Waals surface area contributed by atoms with Crippen molar-refractivity contribution in [1.82, 2.24) is 25.1 Å². The second kappa shape index (κ2) is 9.22. The van der Waals surface area contributed by atoms with E-state index in [1.54, 1.807) is 12.4 Å². The number of hydrogen-bond acceptors (Lipinski definition) is 5. The molecular weight excluding hydrogens is 382 g/mol. The highest BCUT2D eigenvalue weighted by atomic mass is 32.2. The number of benzene rings is 1. The van der Waals surface area contributed by atoms with Crippen molar-refractivity contribution in [2.75, 3.05) is 0 Å². The fourth-order valence-corrected chi connectivity index (χ4v) is 4.46. The van der Waals surface area contributed by atoms with Gasteiger partial charge in [0.1, 0.15) is 0 Å². The van der Waals surface area contributed by atoms with Gasteiger partial charge in [0.25, 0.3) is 0 Å². The summed E-state index contributed by atoms with van der Waals surface area (Å²) in [6.07, 6.45) is 8.07. The van der Waals surface area contributed by atoms with Crippen LogP contribution in [0, 0.1) is 0 Å². The van der Waals surface area contributed by atoms with Gasteiger partial charge in [-0.3, -0.25) is 14.3 Å². The van der Waals surface area contributed by atoms with Gasteiger partial charge in [0.05, 0.1) is 11.8 Å². The first kappa shape index (κ1) is 19.6. The summed E-state index contributed by atoms with van der Waals surface area (Å²) < 4.78 is 2.08. The highest BCUT2D eigenvalue weighted by Crippen LogP contribution is 2.28. The summed E-state index contributed by atoms with van der Waals surface area (Å²) in [7, 11) is 0. The van der Waals surface area contributed by atoms with Crippen LogP contribution in [-0.2, 0) is 11.3 Å². The molecule has 7 heteroatoms. The Bertz CT molecular complexity index is 938. The minimum Gasteiger partial charge on any atom is -0.352 e. The highest BCUT2D eigenvalue weighted by Gasteiger charge is 2.24. The quantitative estimate of drug-likeness (QED) is 0.601. The van der Waals surface area contributed by atoms with E-state index < -0.39 is 0 Å². The number of aromatic nitrogens is 4. The number of hydrogen-bond donors (Lipinski definition) is 1. The van der Waals surface area contributed by atoms with Gasteiger partial charge in [0.15, 0.2) is 11.0 Å². The van der Waals surface area contributed by atoms with E-state index in [1.807, 2.05) is 37.3 Å². The summed E-state index contributed by atoms with van der Waals surface area (Å²) in [5.74, 6) is 0.851. The Hall–Kier alpha value is -2.67. The largest absolute Gasteiger partial charge is 0.352 e. The van der Waals surface area contributed by atoms with Gasteiger partial charge in [0, 0.05) is 24.0 Å². The summed E-state index contributed by atoms with van der Waals surface area (Å²) in [6.45, 7) is 2.58. The van der Waals surface area contributed by atoms with Gasteiger partial charge in [-0.05, 0) is 37.5 Å². The maximum Gasteiger partial charge on any atom is 0.233 e. The highest BCUT2D eigenvalue weighted by molar-refractivity contribution is 8.00. The van der Waals surface area contributed by atoms with Crippen molar-refractivity contribution in [1.29, 1.82) is 0 Å². The van der Waals surface area contributed by atoms with Crippen LogP contribution in [0.3, 0.4) is 0 Å². The van der Waals surface area contributed by atoms with E-state index in [1.165, 1.54) is 24.6 Å². The molecule has 1 saturated carbocycles. The normalized spacial score (nSPS) is 15.3. The van der Waals surface area contributed by atoms with E-state index >= 15 is 0 Å². The van der Waals surface area contributed by atoms with Gasteiger partial charge in [0.2, 0.25) is 5.91 Å². The summed E-state index contributed by atoms with van der Waals surface area (Å²) in [5.41, 5.74) is 2.12. The van der Waals surface area contributed by atoms with E-state index in [0.29, 0.717) is 12.6 Å². The summed E-state index contributed by atoms with van der Waals surface area (Å²) in [5, 5.41) is 12.5. The molecule has 0 spiro atoms. The molecule has 0 saturated heterocycles. The lowest BCUT2D eigenvalue weighted by Crippen LogP contribution is -2.37. The van der Waals surface area contributed by atoms with Crippen molar-refractivity contribution in [3.8, 4) is 11.4 Å². The lowest BCUT2D eigenvalue weighted by Gasteiger charge is -2.17. The van der Waals surface area contributed by atoms with Crippen molar-refractivity contribution >= 4 is 17.7 Å². The molecule has 1 aliphatic carbocycles. The molecule has 1 N–H and O–H groups in total. The number of nitrogens with one attached hydrogen (secondary N) is 1. The Kier molecular flexibility index (Phi) is 6.24. The molecule has 0 bridgehead atoms. The molecule has 0 radical (unpaired) electrons. The van der Waals surface area contributed by atoms with Crippen LogP contribution in [0.4, 0.5) is 0 Å². The van der Waals surface area contributed by atoms with Crippen molar-refractivity contribution in [3.05, 3.63) is 60.4 Å². The molecule has 150 valence electrons. The number of nitrogens with zero attached hydrogens (tertiary/aromatic N) is 4. The Morgan fingerprint density at radius 3 is 2.59 bits per heavy atom. The van der Waals surface area contributed by atoms with Crippen LogP contribution in [0.15, 0.2) is 60.0 Å². The van der Waals surface area contributed by atoms with E-state index in [4.69, 9.17) is 0 Å². The minimum atomic E-state index is -0.236. The second-order valence-electron chi connectivity index (χ2n) is 7.36. The zero-order valence-corrected chi connectivity index (χ0v) is 17.3. The third kappa shape index (κ3) is 4.85. The van der Waals surface area contributed by atoms with Crippen molar-refractivity contribution in [3.63, 3.8) is 0 Å². The molecule has 1 aliphatic rings. The predicted molar refractivity (Wildman–Crippen MR) is 115 cm³/mol. The molecule has 4 rings (SSSR count). The standard InChI is InChI=1S/C22H25N5OS/c1-16(21(28)24-19-9-5-6-10-19)29-22-26-25-20(18-11-13-23-14-12-18)27(22)15-17-7-3-2-4-8-17/h2-4,7-8,11-14,16,19H,5-6,9-10,15H2,1H3,(H,24,28)/t16-/m0/s1. The number of pyridine rings is 1. The van der Waals surface area contributed by atoms with Crippen molar-refractivity contribution in [2.24, 2.45) is 0 Å². The first-order chi connectivity index (χ1) is 14.2. The zero-order chi connectivity index (χ0) is 20.1. The molecule has 3 aromatic rings. The number of carbonyl (C=O) groups is 1. The fraction of sp³-hybridized carbons (Fsp3) is 0.364. The van der Waals surface area contributed by atoms with Gasteiger partial charge in [-0.15, -0.1) is 10.2 Å². The molecule has 0 aliphatic heterocycles. The van der Waals surface area contributed by atoms with Gasteiger partial charge in [-0.25, -0.2) is 0 Å². The summed E-state index contributed by atoms with van der Waals surface area (Å²) in [6, 6.07) is 14.4. The van der Waals surface area contributed by atoms with Gasteiger partial charge in [-0.2, -0.15) is 0 Å². The summed E-state index contributed by atoms with van der Waals surface area (Å²) >= 11 is 1.46. The van der Waals surface area contributed by atoms with Crippen molar-refractivity contribution < 1.29 is 4.79 Å². The third-order valence-corrected chi connectivity index (χ3v) is 6.27. The maximum atomic E-state index is 12.7. The van der Waals surface area contributed by atoms with Crippen molar-refractivity contribution in [2.45, 2.75) is 55.6 Å². The van der Waals surface area contributed by atoms with E-state index in [-0.39, 0.29) is 11.2 Å². The van der Waals surface area contributed by atoms with E-state index in [0.717, 1.165) is 34.9 Å². The number of thioether (sulfide) groups is 1. The number of carbonyl (C=O) groups excluding carboxylic acids is 1. The molecule has 1 amide bonds. The van der Waals surface area contributed by atoms with Gasteiger partial charge in [-0.1, -0.05) is 54.9 Å². The average molecular weight is 408 g/mol. The molecule has 1 fully saturated rings. The Balaban J connectivity index is 1.57. The first-order valence-corrected chi connectivity index (χ1v) is 10.9. The van der Waals surface area contributed by atoms with Gasteiger partial charge < -0.3 is 5.32 Å². The van der Waals surface area contributed by atoms with Crippen LogP contribution >= 0.6 is 11.8 Å². The van der Waals surface area contributed by atoms with Crippen LogP contribution in [0.5, 0.6) is 0 Å². The summed E-state index contributed by atoms with van der Waals surface area (Å²) in [4.78, 5) is 16.7. The number of rotatable bonds is 7. The van der Waals surface area contributed by atoms with Crippen LogP contribution in [0.1, 0.15) is 38.2 Å². The molecule has 6 nitrogen and oxygen atoms in total.